The van der Waals surface area contributed by atoms with Crippen LogP contribution in [0.4, 0.5) is 4.79 Å². The van der Waals surface area contributed by atoms with E-state index in [4.69, 9.17) is 4.74 Å². The predicted octanol–water partition coefficient (Wildman–Crippen LogP) is 6.34. The van der Waals surface area contributed by atoms with Crippen LogP contribution in [-0.4, -0.2) is 38.6 Å². The fraction of sp³-hybridized carbons (Fsp3) is 0.769. The summed E-state index contributed by atoms with van der Waals surface area (Å²) in [7, 11) is 1.83. The smallest absolute Gasteiger partial charge is 0.407 e. The number of likely N-dealkylation sites (N-methyl/N-ethyl adjacent to an activating group) is 1. The topological polar surface area (TPSA) is 67.4 Å². The molecule has 0 saturated heterocycles. The van der Waals surface area contributed by atoms with Gasteiger partial charge < -0.3 is 15.4 Å². The first-order valence-electron chi connectivity index (χ1n) is 12.5. The van der Waals surface area contributed by atoms with Gasteiger partial charge in [-0.25, -0.2) is 4.79 Å². The fourth-order valence-corrected chi connectivity index (χ4v) is 3.57. The van der Waals surface area contributed by atoms with E-state index >= 15 is 0 Å². The number of rotatable bonds is 21. The van der Waals surface area contributed by atoms with Crippen LogP contribution >= 0.6 is 0 Å². The lowest BCUT2D eigenvalue weighted by atomic mass is 9.90. The minimum Gasteiger partial charge on any atom is -0.438 e. The number of nitrogens with one attached hydrogen (secondary N) is 2. The zero-order valence-corrected chi connectivity index (χ0v) is 20.4. The first-order chi connectivity index (χ1) is 15.2. The van der Waals surface area contributed by atoms with Crippen LogP contribution in [0.3, 0.4) is 0 Å². The fourth-order valence-electron chi connectivity index (χ4n) is 3.57. The van der Waals surface area contributed by atoms with Gasteiger partial charge in [-0.3, -0.25) is 4.79 Å². The van der Waals surface area contributed by atoms with Crippen LogP contribution in [0, 0.1) is 5.92 Å². The van der Waals surface area contributed by atoms with Crippen LogP contribution in [0.5, 0.6) is 0 Å². The standard InChI is InChI=1S/C26H48N2O3/c1-4-6-8-10-11-12-13-14-16-18-20-24(19-17-15-9-7-5-2)25(23-29)31-26(30)28-22-21-27-3/h6,8,11-12,23-25,27H,4-5,7,9-10,13-22H2,1-3H3,(H,28,30)/b8-6+,12-11+. The summed E-state index contributed by atoms with van der Waals surface area (Å²) in [4.78, 5) is 23.7. The number of carbonyl (C=O) groups is 2. The molecular weight excluding hydrogens is 388 g/mol. The van der Waals surface area contributed by atoms with E-state index in [1.54, 1.807) is 0 Å². The number of alkyl carbamates (subject to hydrolysis) is 1. The summed E-state index contributed by atoms with van der Waals surface area (Å²) in [5.41, 5.74) is 0. The molecule has 180 valence electrons. The normalized spacial score (nSPS) is 13.5. The Morgan fingerprint density at radius 1 is 0.871 bits per heavy atom. The number of ether oxygens (including phenoxy) is 1. The Bertz CT molecular complexity index is 477. The van der Waals surface area contributed by atoms with Crippen LogP contribution in [0.1, 0.15) is 97.3 Å². The van der Waals surface area contributed by atoms with Gasteiger partial charge >= 0.3 is 6.09 Å². The van der Waals surface area contributed by atoms with Crippen LogP contribution < -0.4 is 10.6 Å². The molecule has 0 rings (SSSR count). The summed E-state index contributed by atoms with van der Waals surface area (Å²) in [5.74, 6) is 0.115. The Kier molecular flexibility index (Phi) is 21.8. The largest absolute Gasteiger partial charge is 0.438 e. The molecule has 31 heavy (non-hydrogen) atoms. The van der Waals surface area contributed by atoms with Gasteiger partial charge in [-0.15, -0.1) is 0 Å². The average Bonchev–Trinajstić information content (AvgIpc) is 2.77. The summed E-state index contributed by atoms with van der Waals surface area (Å²) in [6.07, 6.45) is 23.0. The number of hydrogen-bond acceptors (Lipinski definition) is 4. The van der Waals surface area contributed by atoms with Crippen molar-refractivity contribution in [3.8, 4) is 0 Å². The van der Waals surface area contributed by atoms with Gasteiger partial charge in [0, 0.05) is 19.0 Å². The molecule has 2 N–H and O–H groups in total. The number of hydrogen-bond donors (Lipinski definition) is 2. The summed E-state index contributed by atoms with van der Waals surface area (Å²) in [6, 6.07) is 0. The first kappa shape index (κ1) is 29.4. The molecule has 0 radical (unpaired) electrons. The molecular formula is C26H48N2O3. The highest BCUT2D eigenvalue weighted by atomic mass is 16.6. The van der Waals surface area contributed by atoms with Crippen molar-refractivity contribution in [1.29, 1.82) is 0 Å². The van der Waals surface area contributed by atoms with Gasteiger partial charge in [-0.2, -0.15) is 0 Å². The molecule has 0 bridgehead atoms. The first-order valence-corrected chi connectivity index (χ1v) is 12.5. The number of unbranched alkanes of at least 4 members (excludes halogenated alkanes) is 7. The lowest BCUT2D eigenvalue weighted by Gasteiger charge is -2.23. The number of allylic oxidation sites excluding steroid dienone is 4. The zero-order valence-electron chi connectivity index (χ0n) is 20.4. The lowest BCUT2D eigenvalue weighted by Crippen LogP contribution is -2.36. The van der Waals surface area contributed by atoms with Crippen molar-refractivity contribution in [2.75, 3.05) is 20.1 Å². The SMILES string of the molecule is CC/C=C/C/C=C/CCCCCC(CCCCCCC)C(C=O)OC(=O)NCCNC. The Hall–Kier alpha value is -1.62. The van der Waals surface area contributed by atoms with E-state index < -0.39 is 12.2 Å². The molecule has 2 unspecified atom stereocenters. The van der Waals surface area contributed by atoms with Crippen molar-refractivity contribution in [3.05, 3.63) is 24.3 Å². The maximum absolute atomic E-state index is 12.0. The Morgan fingerprint density at radius 2 is 1.55 bits per heavy atom. The number of aldehydes is 1. The number of amides is 1. The third-order valence-electron chi connectivity index (χ3n) is 5.45. The summed E-state index contributed by atoms with van der Waals surface area (Å²) < 4.78 is 5.47. The van der Waals surface area contributed by atoms with Crippen LogP contribution in [0.25, 0.3) is 0 Å². The second-order valence-electron chi connectivity index (χ2n) is 8.22. The highest BCUT2D eigenvalue weighted by Gasteiger charge is 2.24. The van der Waals surface area contributed by atoms with Crippen molar-refractivity contribution in [1.82, 2.24) is 10.6 Å². The predicted molar refractivity (Wildman–Crippen MR) is 131 cm³/mol. The molecule has 0 spiro atoms. The van der Waals surface area contributed by atoms with Crippen molar-refractivity contribution in [3.63, 3.8) is 0 Å². The van der Waals surface area contributed by atoms with Crippen molar-refractivity contribution < 1.29 is 14.3 Å². The van der Waals surface area contributed by atoms with Crippen molar-refractivity contribution in [2.24, 2.45) is 5.92 Å². The van der Waals surface area contributed by atoms with E-state index in [0.29, 0.717) is 13.1 Å². The minimum atomic E-state index is -0.647. The Morgan fingerprint density at radius 3 is 2.19 bits per heavy atom. The highest BCUT2D eigenvalue weighted by molar-refractivity contribution is 5.71. The lowest BCUT2D eigenvalue weighted by molar-refractivity contribution is -0.118. The molecule has 0 heterocycles. The second kappa shape index (κ2) is 23.1. The van der Waals surface area contributed by atoms with Crippen LogP contribution in [0.2, 0.25) is 0 Å². The van der Waals surface area contributed by atoms with Gasteiger partial charge in [0.1, 0.15) is 0 Å². The number of carbonyl (C=O) groups excluding carboxylic acids is 2. The van der Waals surface area contributed by atoms with Crippen LogP contribution in [-0.2, 0) is 9.53 Å². The molecule has 0 aliphatic rings. The molecule has 0 aromatic rings. The average molecular weight is 437 g/mol. The van der Waals surface area contributed by atoms with Gasteiger partial charge in [-0.1, -0.05) is 83.1 Å². The quantitative estimate of drug-likeness (QED) is 0.125. The zero-order chi connectivity index (χ0) is 23.0. The molecule has 0 aromatic heterocycles. The van der Waals surface area contributed by atoms with E-state index in [1.807, 2.05) is 7.05 Å². The third-order valence-corrected chi connectivity index (χ3v) is 5.45. The van der Waals surface area contributed by atoms with Gasteiger partial charge in [0.2, 0.25) is 0 Å². The molecule has 0 aliphatic heterocycles. The molecule has 1 amide bonds. The van der Waals surface area contributed by atoms with Gasteiger partial charge in [0.15, 0.2) is 12.4 Å². The maximum atomic E-state index is 12.0. The second-order valence-corrected chi connectivity index (χ2v) is 8.22. The molecule has 2 atom stereocenters. The summed E-state index contributed by atoms with van der Waals surface area (Å²) in [6.45, 7) is 5.52. The minimum absolute atomic E-state index is 0.115. The molecule has 0 aromatic carbocycles. The highest BCUT2D eigenvalue weighted by Crippen LogP contribution is 2.23. The third kappa shape index (κ3) is 18.8. The van der Waals surface area contributed by atoms with E-state index in [1.165, 1.54) is 25.7 Å². The van der Waals surface area contributed by atoms with Crippen molar-refractivity contribution in [2.45, 2.75) is 103 Å². The van der Waals surface area contributed by atoms with E-state index in [9.17, 15) is 9.59 Å². The van der Waals surface area contributed by atoms with Crippen molar-refractivity contribution >= 4 is 12.4 Å². The van der Waals surface area contributed by atoms with E-state index in [0.717, 1.165) is 64.1 Å². The maximum Gasteiger partial charge on any atom is 0.407 e. The molecule has 0 saturated carbocycles. The Balaban J connectivity index is 4.40. The van der Waals surface area contributed by atoms with E-state index in [2.05, 4.69) is 48.8 Å². The van der Waals surface area contributed by atoms with Gasteiger partial charge in [0.25, 0.3) is 0 Å². The van der Waals surface area contributed by atoms with Gasteiger partial charge in [0.05, 0.1) is 0 Å². The summed E-state index contributed by atoms with van der Waals surface area (Å²) >= 11 is 0. The molecule has 0 aliphatic carbocycles. The molecule has 5 heteroatoms. The monoisotopic (exact) mass is 436 g/mol. The van der Waals surface area contributed by atoms with Gasteiger partial charge in [-0.05, 0) is 45.6 Å². The molecule has 5 nitrogen and oxygen atoms in total. The molecule has 0 fully saturated rings. The van der Waals surface area contributed by atoms with Crippen LogP contribution in [0.15, 0.2) is 24.3 Å². The Labute approximate surface area is 191 Å². The van der Waals surface area contributed by atoms with E-state index in [-0.39, 0.29) is 5.92 Å². The summed E-state index contributed by atoms with van der Waals surface area (Å²) in [5, 5.41) is 5.67.